The van der Waals surface area contributed by atoms with Crippen molar-refractivity contribution in [1.29, 1.82) is 0 Å². The maximum atomic E-state index is 14.6. The minimum absolute atomic E-state index is 0.0875. The number of ketones is 1. The van der Waals surface area contributed by atoms with Crippen LogP contribution in [0.5, 0.6) is 0 Å². The zero-order valence-corrected chi connectivity index (χ0v) is 19.2. The Balaban J connectivity index is 2.04. The molecule has 32 heavy (non-hydrogen) atoms. The summed E-state index contributed by atoms with van der Waals surface area (Å²) in [5, 5.41) is 0.233. The second-order valence-corrected chi connectivity index (χ2v) is 9.02. The number of rotatable bonds is 4. The summed E-state index contributed by atoms with van der Waals surface area (Å²) in [6.45, 7) is 8.17. The van der Waals surface area contributed by atoms with E-state index in [9.17, 15) is 14.0 Å². The molecule has 4 nitrogen and oxygen atoms in total. The molecule has 4 rings (SSSR count). The van der Waals surface area contributed by atoms with E-state index in [0.717, 1.165) is 11.1 Å². The molecular formula is C26H24ClFN2O2. The van der Waals surface area contributed by atoms with Crippen LogP contribution in [0.4, 0.5) is 15.9 Å². The molecule has 2 aromatic carbocycles. The number of pyridine rings is 1. The van der Waals surface area contributed by atoms with Gasteiger partial charge in [-0.15, -0.1) is 0 Å². The van der Waals surface area contributed by atoms with E-state index in [1.54, 1.807) is 24.3 Å². The number of amides is 1. The van der Waals surface area contributed by atoms with Gasteiger partial charge in [0.25, 0.3) is 5.91 Å². The summed E-state index contributed by atoms with van der Waals surface area (Å²) in [4.78, 5) is 32.0. The average Bonchev–Trinajstić information content (AvgIpc) is 2.74. The van der Waals surface area contributed by atoms with E-state index in [-0.39, 0.29) is 34.5 Å². The van der Waals surface area contributed by atoms with Crippen LogP contribution in [0.1, 0.15) is 56.2 Å². The van der Waals surface area contributed by atoms with Crippen LogP contribution in [0.15, 0.2) is 48.5 Å². The molecule has 0 N–H and O–H groups in total. The number of halogens is 2. The Morgan fingerprint density at radius 3 is 2.19 bits per heavy atom. The van der Waals surface area contributed by atoms with Crippen LogP contribution >= 0.6 is 11.6 Å². The van der Waals surface area contributed by atoms with Crippen LogP contribution in [0.2, 0.25) is 5.02 Å². The number of hydrogen-bond donors (Lipinski definition) is 0. The first-order chi connectivity index (χ1) is 15.2. The van der Waals surface area contributed by atoms with E-state index in [4.69, 9.17) is 11.6 Å². The van der Waals surface area contributed by atoms with Gasteiger partial charge in [-0.25, -0.2) is 9.37 Å². The lowest BCUT2D eigenvalue weighted by atomic mass is 9.90. The summed E-state index contributed by atoms with van der Waals surface area (Å²) < 4.78 is 14.6. The Morgan fingerprint density at radius 2 is 1.59 bits per heavy atom. The van der Waals surface area contributed by atoms with Gasteiger partial charge in [-0.3, -0.25) is 14.5 Å². The third-order valence-electron chi connectivity index (χ3n) is 5.73. The van der Waals surface area contributed by atoms with Crippen molar-refractivity contribution >= 4 is 34.8 Å². The summed E-state index contributed by atoms with van der Waals surface area (Å²) in [5.41, 5.74) is 3.58. The number of para-hydroxylation sites is 1. The molecule has 6 heteroatoms. The highest BCUT2D eigenvalue weighted by atomic mass is 35.5. The van der Waals surface area contributed by atoms with Crippen molar-refractivity contribution in [2.45, 2.75) is 46.0 Å². The SMILES string of the molecule is CC(C)c1cccc(C(C)C)c1N1C(=O)C(=O)Cc2cc(Cl)c(-c3ccccc3F)nc21. The monoisotopic (exact) mass is 450 g/mol. The molecule has 1 aliphatic heterocycles. The second-order valence-electron chi connectivity index (χ2n) is 8.62. The number of fused-ring (bicyclic) bond motifs is 1. The first-order valence-corrected chi connectivity index (χ1v) is 11.0. The first-order valence-electron chi connectivity index (χ1n) is 10.6. The molecule has 0 saturated carbocycles. The molecule has 0 aliphatic carbocycles. The van der Waals surface area contributed by atoms with Gasteiger partial charge in [0.1, 0.15) is 11.6 Å². The lowest BCUT2D eigenvalue weighted by Gasteiger charge is -2.33. The van der Waals surface area contributed by atoms with E-state index >= 15 is 0 Å². The predicted octanol–water partition coefficient (Wildman–Crippen LogP) is 6.58. The number of hydrogen-bond acceptors (Lipinski definition) is 3. The molecule has 1 aliphatic rings. The van der Waals surface area contributed by atoms with Crippen LogP contribution in [-0.2, 0) is 16.0 Å². The highest BCUT2D eigenvalue weighted by molar-refractivity contribution is 6.45. The summed E-state index contributed by atoms with van der Waals surface area (Å²) in [6.07, 6.45) is -0.0875. The van der Waals surface area contributed by atoms with Gasteiger partial charge in [0.05, 0.1) is 16.4 Å². The highest BCUT2D eigenvalue weighted by Crippen LogP contribution is 2.43. The summed E-state index contributed by atoms with van der Waals surface area (Å²) in [6, 6.07) is 13.7. The maximum Gasteiger partial charge on any atom is 0.300 e. The van der Waals surface area contributed by atoms with Crippen molar-refractivity contribution in [1.82, 2.24) is 4.98 Å². The zero-order valence-electron chi connectivity index (χ0n) is 18.4. The third-order valence-corrected chi connectivity index (χ3v) is 6.02. The van der Waals surface area contributed by atoms with Gasteiger partial charge in [-0.05, 0) is 41.2 Å². The molecule has 0 radical (unpaired) electrons. The van der Waals surface area contributed by atoms with E-state index in [1.165, 1.54) is 11.0 Å². The summed E-state index contributed by atoms with van der Waals surface area (Å²) >= 11 is 6.47. The number of aromatic nitrogens is 1. The molecule has 0 atom stereocenters. The molecule has 3 aromatic rings. The third kappa shape index (κ3) is 3.71. The van der Waals surface area contributed by atoms with Crippen molar-refractivity contribution in [2.24, 2.45) is 0 Å². The zero-order chi connectivity index (χ0) is 23.2. The van der Waals surface area contributed by atoms with Crippen LogP contribution in [-0.4, -0.2) is 16.7 Å². The lowest BCUT2D eigenvalue weighted by molar-refractivity contribution is -0.135. The fraction of sp³-hybridized carbons (Fsp3) is 0.269. The number of carbonyl (C=O) groups excluding carboxylic acids is 2. The van der Waals surface area contributed by atoms with Crippen LogP contribution < -0.4 is 4.90 Å². The van der Waals surface area contributed by atoms with Crippen molar-refractivity contribution in [3.8, 4) is 11.3 Å². The molecule has 0 fully saturated rings. The van der Waals surface area contributed by atoms with Crippen LogP contribution in [0, 0.1) is 5.82 Å². The first kappa shape index (κ1) is 22.2. The fourth-order valence-electron chi connectivity index (χ4n) is 4.13. The molecule has 1 aromatic heterocycles. The van der Waals surface area contributed by atoms with Gasteiger partial charge in [-0.1, -0.05) is 69.6 Å². The molecule has 0 bridgehead atoms. The van der Waals surface area contributed by atoms with Crippen molar-refractivity contribution in [3.05, 3.63) is 76.1 Å². The van der Waals surface area contributed by atoms with Gasteiger partial charge in [0.15, 0.2) is 0 Å². The topological polar surface area (TPSA) is 50.3 Å². The Hall–Kier alpha value is -3.05. The Morgan fingerprint density at radius 1 is 0.969 bits per heavy atom. The number of nitrogens with zero attached hydrogens (tertiary/aromatic N) is 2. The largest absolute Gasteiger partial charge is 0.300 e. The average molecular weight is 451 g/mol. The molecule has 2 heterocycles. The molecule has 1 amide bonds. The second kappa shape index (κ2) is 8.47. The highest BCUT2D eigenvalue weighted by Gasteiger charge is 2.37. The van der Waals surface area contributed by atoms with Crippen molar-refractivity contribution in [3.63, 3.8) is 0 Å². The lowest BCUT2D eigenvalue weighted by Crippen LogP contribution is -2.40. The van der Waals surface area contributed by atoms with Crippen LogP contribution in [0.25, 0.3) is 11.3 Å². The number of carbonyl (C=O) groups is 2. The number of benzene rings is 2. The Kier molecular flexibility index (Phi) is 5.87. The summed E-state index contributed by atoms with van der Waals surface area (Å²) in [5.74, 6) is -1.08. The molecule has 0 unspecified atom stereocenters. The Labute approximate surface area is 192 Å². The number of anilines is 2. The smallest absolute Gasteiger partial charge is 0.288 e. The van der Waals surface area contributed by atoms with Gasteiger partial charge in [0, 0.05) is 17.5 Å². The molecule has 0 saturated heterocycles. The Bertz CT molecular complexity index is 1210. The van der Waals surface area contributed by atoms with Crippen molar-refractivity contribution in [2.75, 3.05) is 4.90 Å². The van der Waals surface area contributed by atoms with Gasteiger partial charge >= 0.3 is 0 Å². The molecule has 164 valence electrons. The summed E-state index contributed by atoms with van der Waals surface area (Å²) in [7, 11) is 0. The standard InChI is InChI=1S/C26H24ClFN2O2/c1-14(2)17-9-7-10-18(15(3)4)24(17)30-25-16(13-22(31)26(30)32)12-20(27)23(29-25)19-8-5-6-11-21(19)28/h5-12,14-15H,13H2,1-4H3. The molecular weight excluding hydrogens is 427 g/mol. The van der Waals surface area contributed by atoms with E-state index in [2.05, 4.69) is 4.98 Å². The van der Waals surface area contributed by atoms with Gasteiger partial charge in [0.2, 0.25) is 5.78 Å². The van der Waals surface area contributed by atoms with Crippen molar-refractivity contribution < 1.29 is 14.0 Å². The quantitative estimate of drug-likeness (QED) is 0.422. The predicted molar refractivity (Wildman–Crippen MR) is 125 cm³/mol. The maximum absolute atomic E-state index is 14.6. The molecule has 0 spiro atoms. The minimum Gasteiger partial charge on any atom is -0.288 e. The van der Waals surface area contributed by atoms with Crippen LogP contribution in [0.3, 0.4) is 0 Å². The normalized spacial score (nSPS) is 13.8. The van der Waals surface area contributed by atoms with E-state index in [1.807, 2.05) is 45.9 Å². The fourth-order valence-corrected chi connectivity index (χ4v) is 4.41. The van der Waals surface area contributed by atoms with Gasteiger partial charge in [-0.2, -0.15) is 0 Å². The minimum atomic E-state index is -0.637. The van der Waals surface area contributed by atoms with E-state index < -0.39 is 17.5 Å². The van der Waals surface area contributed by atoms with E-state index in [0.29, 0.717) is 17.1 Å². The van der Waals surface area contributed by atoms with Gasteiger partial charge < -0.3 is 0 Å². The number of Topliss-reactive ketones (excluding diaryl/α,β-unsaturated/α-hetero) is 1.